The summed E-state index contributed by atoms with van der Waals surface area (Å²) in [5.41, 5.74) is 0. The van der Waals surface area contributed by atoms with Crippen molar-refractivity contribution in [3.05, 3.63) is 0 Å². The second kappa shape index (κ2) is 9.25. The van der Waals surface area contributed by atoms with Crippen LogP contribution in [0, 0.1) is 0 Å². The van der Waals surface area contributed by atoms with Gasteiger partial charge in [-0.1, -0.05) is 13.8 Å². The van der Waals surface area contributed by atoms with Crippen molar-refractivity contribution in [2.45, 2.75) is 50.8 Å². The molecule has 7 heteroatoms. The summed E-state index contributed by atoms with van der Waals surface area (Å²) in [4.78, 5) is 0. The van der Waals surface area contributed by atoms with Gasteiger partial charge < -0.3 is 5.32 Å². The predicted molar refractivity (Wildman–Crippen MR) is 87.4 cm³/mol. The fourth-order valence-corrected chi connectivity index (χ4v) is 4.79. The van der Waals surface area contributed by atoms with Crippen LogP contribution in [0.25, 0.3) is 0 Å². The van der Waals surface area contributed by atoms with Crippen molar-refractivity contribution >= 4 is 22.0 Å². The first-order valence-corrected chi connectivity index (χ1v) is 10.0. The summed E-state index contributed by atoms with van der Waals surface area (Å²) in [6.07, 6.45) is 3.88. The summed E-state index contributed by atoms with van der Waals surface area (Å²) in [7, 11) is -1.67. The van der Waals surface area contributed by atoms with Gasteiger partial charge in [0.05, 0.1) is 0 Å². The number of hydrogen-bond acceptors (Lipinski definition) is 4. The van der Waals surface area contributed by atoms with Gasteiger partial charge in [0.2, 0.25) is 0 Å². The molecule has 0 saturated heterocycles. The molecule has 2 unspecified atom stereocenters. The van der Waals surface area contributed by atoms with Crippen molar-refractivity contribution in [2.24, 2.45) is 0 Å². The van der Waals surface area contributed by atoms with Crippen molar-refractivity contribution < 1.29 is 8.42 Å². The number of thioether (sulfide) groups is 1. The third kappa shape index (κ3) is 6.30. The zero-order valence-electron chi connectivity index (χ0n) is 12.9. The van der Waals surface area contributed by atoms with E-state index in [0.717, 1.165) is 44.5 Å². The van der Waals surface area contributed by atoms with Crippen LogP contribution in [0.5, 0.6) is 0 Å². The zero-order chi connectivity index (χ0) is 15.0. The lowest BCUT2D eigenvalue weighted by Gasteiger charge is -2.21. The Morgan fingerprint density at radius 1 is 1.30 bits per heavy atom. The minimum absolute atomic E-state index is 0.111. The molecule has 1 aliphatic carbocycles. The highest BCUT2D eigenvalue weighted by Crippen LogP contribution is 2.30. The number of nitrogens with one attached hydrogen (secondary N) is 2. The fourth-order valence-electron chi connectivity index (χ4n) is 2.46. The smallest absolute Gasteiger partial charge is 0.279 e. The van der Waals surface area contributed by atoms with E-state index < -0.39 is 10.2 Å². The van der Waals surface area contributed by atoms with E-state index in [-0.39, 0.29) is 6.04 Å². The molecule has 0 aromatic heterocycles. The lowest BCUT2D eigenvalue weighted by atomic mass is 10.3. The highest BCUT2D eigenvalue weighted by molar-refractivity contribution is 7.99. The van der Waals surface area contributed by atoms with Crippen molar-refractivity contribution in [1.82, 2.24) is 14.3 Å². The van der Waals surface area contributed by atoms with Gasteiger partial charge in [-0.3, -0.25) is 0 Å². The van der Waals surface area contributed by atoms with Crippen LogP contribution in [0.2, 0.25) is 0 Å². The summed E-state index contributed by atoms with van der Waals surface area (Å²) >= 11 is 1.94. The third-order valence-corrected chi connectivity index (χ3v) is 6.46. The zero-order valence-corrected chi connectivity index (χ0v) is 14.5. The normalized spacial score (nSPS) is 23.6. The molecule has 0 aromatic carbocycles. The molecule has 0 amide bonds. The highest BCUT2D eigenvalue weighted by Gasteiger charge is 2.29. The SMILES string of the molecule is CCNCCCN(C)S(=O)(=O)NC1CCC(SCC)C1. The molecule has 2 N–H and O–H groups in total. The van der Waals surface area contributed by atoms with E-state index in [4.69, 9.17) is 0 Å². The fraction of sp³-hybridized carbons (Fsp3) is 1.00. The maximum Gasteiger partial charge on any atom is 0.279 e. The van der Waals surface area contributed by atoms with Crippen LogP contribution < -0.4 is 10.0 Å². The first-order valence-electron chi connectivity index (χ1n) is 7.55. The average molecular weight is 324 g/mol. The standard InChI is InChI=1S/C13H29N3O2S2/c1-4-14-9-6-10-16(3)20(17,18)15-12-7-8-13(11-12)19-5-2/h12-15H,4-11H2,1-3H3. The van der Waals surface area contributed by atoms with Crippen LogP contribution in [-0.2, 0) is 10.2 Å². The Bertz CT molecular complexity index is 363. The molecule has 0 bridgehead atoms. The third-order valence-electron chi connectivity index (χ3n) is 3.59. The number of rotatable bonds is 10. The first-order chi connectivity index (χ1) is 9.49. The molecule has 0 aliphatic heterocycles. The van der Waals surface area contributed by atoms with Gasteiger partial charge in [0, 0.05) is 24.9 Å². The molecule has 1 saturated carbocycles. The summed E-state index contributed by atoms with van der Waals surface area (Å²) in [5.74, 6) is 1.11. The summed E-state index contributed by atoms with van der Waals surface area (Å²) < 4.78 is 28.7. The van der Waals surface area contributed by atoms with Gasteiger partial charge in [-0.2, -0.15) is 29.2 Å². The topological polar surface area (TPSA) is 61.4 Å². The molecule has 1 fully saturated rings. The van der Waals surface area contributed by atoms with Crippen LogP contribution in [0.3, 0.4) is 0 Å². The largest absolute Gasteiger partial charge is 0.317 e. The van der Waals surface area contributed by atoms with Crippen molar-refractivity contribution in [1.29, 1.82) is 0 Å². The van der Waals surface area contributed by atoms with E-state index >= 15 is 0 Å². The van der Waals surface area contributed by atoms with Crippen LogP contribution in [0.1, 0.15) is 39.5 Å². The van der Waals surface area contributed by atoms with Crippen LogP contribution in [-0.4, -0.2) is 56.4 Å². The Morgan fingerprint density at radius 3 is 2.70 bits per heavy atom. The monoisotopic (exact) mass is 323 g/mol. The van der Waals surface area contributed by atoms with Gasteiger partial charge in [0.25, 0.3) is 10.2 Å². The molecular weight excluding hydrogens is 294 g/mol. The second-order valence-electron chi connectivity index (χ2n) is 5.24. The van der Waals surface area contributed by atoms with Crippen molar-refractivity contribution in [3.63, 3.8) is 0 Å². The van der Waals surface area contributed by atoms with Crippen LogP contribution in [0.15, 0.2) is 0 Å². The van der Waals surface area contributed by atoms with Gasteiger partial charge in [0.1, 0.15) is 0 Å². The predicted octanol–water partition coefficient (Wildman–Crippen LogP) is 1.43. The van der Waals surface area contributed by atoms with Crippen molar-refractivity contribution in [3.8, 4) is 0 Å². The van der Waals surface area contributed by atoms with Gasteiger partial charge in [-0.25, -0.2) is 0 Å². The molecule has 5 nitrogen and oxygen atoms in total. The molecule has 1 aliphatic rings. The molecule has 120 valence electrons. The van der Waals surface area contributed by atoms with Crippen molar-refractivity contribution in [2.75, 3.05) is 32.4 Å². The number of nitrogens with zero attached hydrogens (tertiary/aromatic N) is 1. The minimum atomic E-state index is -3.32. The summed E-state index contributed by atoms with van der Waals surface area (Å²) in [6, 6.07) is 0.111. The number of hydrogen-bond donors (Lipinski definition) is 2. The molecule has 20 heavy (non-hydrogen) atoms. The molecule has 1 rings (SSSR count). The minimum Gasteiger partial charge on any atom is -0.317 e. The Balaban J connectivity index is 2.33. The first kappa shape index (κ1) is 18.2. The van der Waals surface area contributed by atoms with Crippen LogP contribution in [0.4, 0.5) is 0 Å². The molecule has 0 heterocycles. The Labute approximate surface area is 128 Å². The van der Waals surface area contributed by atoms with E-state index in [1.807, 2.05) is 18.7 Å². The molecule has 0 aromatic rings. The summed E-state index contributed by atoms with van der Waals surface area (Å²) in [5, 5.41) is 3.82. The van der Waals surface area contributed by atoms with E-state index in [1.165, 1.54) is 4.31 Å². The molecule has 0 spiro atoms. The van der Waals surface area contributed by atoms with Crippen LogP contribution >= 0.6 is 11.8 Å². The molecular formula is C13H29N3O2S2. The molecule has 2 atom stereocenters. The lowest BCUT2D eigenvalue weighted by molar-refractivity contribution is 0.436. The second-order valence-corrected chi connectivity index (χ2v) is 8.63. The Kier molecular flexibility index (Phi) is 8.43. The van der Waals surface area contributed by atoms with Gasteiger partial charge in [-0.05, 0) is 44.5 Å². The van der Waals surface area contributed by atoms with E-state index in [9.17, 15) is 8.42 Å². The summed E-state index contributed by atoms with van der Waals surface area (Å²) in [6.45, 7) is 6.54. The van der Waals surface area contributed by atoms with Gasteiger partial charge >= 0.3 is 0 Å². The quantitative estimate of drug-likeness (QED) is 0.597. The Hall–Kier alpha value is 0.180. The van der Waals surface area contributed by atoms with E-state index in [0.29, 0.717) is 11.8 Å². The van der Waals surface area contributed by atoms with Gasteiger partial charge in [0.15, 0.2) is 0 Å². The highest BCUT2D eigenvalue weighted by atomic mass is 32.2. The maximum absolute atomic E-state index is 12.2. The van der Waals surface area contributed by atoms with E-state index in [2.05, 4.69) is 17.0 Å². The Morgan fingerprint density at radius 2 is 2.05 bits per heavy atom. The molecule has 0 radical (unpaired) electrons. The van der Waals surface area contributed by atoms with Gasteiger partial charge in [-0.15, -0.1) is 0 Å². The van der Waals surface area contributed by atoms with E-state index in [1.54, 1.807) is 7.05 Å². The lowest BCUT2D eigenvalue weighted by Crippen LogP contribution is -2.43. The average Bonchev–Trinajstić information content (AvgIpc) is 2.81. The maximum atomic E-state index is 12.2.